The molecule has 0 amide bonds. The van der Waals surface area contributed by atoms with Gasteiger partial charge < -0.3 is 0 Å². The molecule has 4 heteroatoms. The summed E-state index contributed by atoms with van der Waals surface area (Å²) in [5, 5.41) is 0.718. The molecule has 0 spiro atoms. The fourth-order valence-corrected chi connectivity index (χ4v) is 2.67. The van der Waals surface area contributed by atoms with Crippen molar-refractivity contribution in [3.05, 3.63) is 76.1 Å². The fourth-order valence-electron chi connectivity index (χ4n) is 2.15. The molecule has 0 saturated heterocycles. The molecule has 98 valence electrons. The van der Waals surface area contributed by atoms with Crippen molar-refractivity contribution in [3.8, 4) is 0 Å². The third kappa shape index (κ3) is 2.12. The van der Waals surface area contributed by atoms with Gasteiger partial charge >= 0.3 is 0 Å². The molecule has 2 nitrogen and oxygen atoms in total. The number of fused-ring (bicyclic) bond motifs is 1. The van der Waals surface area contributed by atoms with Gasteiger partial charge in [0.1, 0.15) is 5.82 Å². The zero-order valence-electron chi connectivity index (χ0n) is 10.3. The van der Waals surface area contributed by atoms with Crippen molar-refractivity contribution in [1.29, 1.82) is 0 Å². The first-order chi connectivity index (χ1) is 9.68. The van der Waals surface area contributed by atoms with Gasteiger partial charge in [-0.25, -0.2) is 4.39 Å². The van der Waals surface area contributed by atoms with Crippen LogP contribution in [0.15, 0.2) is 59.2 Å². The van der Waals surface area contributed by atoms with Crippen LogP contribution in [0.25, 0.3) is 10.9 Å². The van der Waals surface area contributed by atoms with Gasteiger partial charge in [0, 0.05) is 21.6 Å². The number of ketones is 1. The van der Waals surface area contributed by atoms with Gasteiger partial charge in [0.25, 0.3) is 0 Å². The molecule has 0 atom stereocenters. The Hall–Kier alpha value is -2.07. The zero-order valence-corrected chi connectivity index (χ0v) is 11.9. The Morgan fingerprint density at radius 2 is 1.85 bits per heavy atom. The van der Waals surface area contributed by atoms with Gasteiger partial charge in [-0.2, -0.15) is 0 Å². The Morgan fingerprint density at radius 3 is 2.65 bits per heavy atom. The molecule has 0 aliphatic rings. The van der Waals surface area contributed by atoms with E-state index in [0.29, 0.717) is 15.6 Å². The lowest BCUT2D eigenvalue weighted by Gasteiger charge is -2.07. The maximum Gasteiger partial charge on any atom is 0.197 e. The highest BCUT2D eigenvalue weighted by Crippen LogP contribution is 2.26. The van der Waals surface area contributed by atoms with E-state index >= 15 is 0 Å². The first-order valence-electron chi connectivity index (χ1n) is 6.01. The summed E-state index contributed by atoms with van der Waals surface area (Å²) in [7, 11) is 0. The highest BCUT2D eigenvalue weighted by Gasteiger charge is 2.19. The molecule has 0 fully saturated rings. The van der Waals surface area contributed by atoms with Crippen molar-refractivity contribution >= 4 is 32.6 Å². The van der Waals surface area contributed by atoms with Crippen LogP contribution in [0.5, 0.6) is 0 Å². The number of hydrogen-bond donors (Lipinski definition) is 0. The van der Waals surface area contributed by atoms with Gasteiger partial charge in [-0.3, -0.25) is 9.78 Å². The average Bonchev–Trinajstić information content (AvgIpc) is 2.46. The molecular weight excluding hydrogens is 321 g/mol. The Labute approximate surface area is 123 Å². The first kappa shape index (κ1) is 12.9. The van der Waals surface area contributed by atoms with Crippen molar-refractivity contribution < 1.29 is 9.18 Å². The van der Waals surface area contributed by atoms with Gasteiger partial charge in [-0.1, -0.05) is 24.3 Å². The van der Waals surface area contributed by atoms with Crippen molar-refractivity contribution in [2.45, 2.75) is 0 Å². The van der Waals surface area contributed by atoms with E-state index in [1.165, 1.54) is 6.07 Å². The number of hydrogen-bond acceptors (Lipinski definition) is 2. The molecule has 0 bridgehead atoms. The topological polar surface area (TPSA) is 30.0 Å². The zero-order chi connectivity index (χ0) is 14.1. The van der Waals surface area contributed by atoms with Crippen LogP contribution in [-0.4, -0.2) is 10.8 Å². The average molecular weight is 330 g/mol. The Balaban J connectivity index is 2.24. The molecule has 0 radical (unpaired) electrons. The molecule has 3 aromatic rings. The second-order valence-electron chi connectivity index (χ2n) is 4.30. The number of rotatable bonds is 2. The fraction of sp³-hybridized carbons (Fsp3) is 0. The SMILES string of the molecule is O=C(c1c(F)cccc1Br)c1cccc2ncccc12. The number of nitrogens with zero attached hydrogens (tertiary/aromatic N) is 1. The number of halogens is 2. The quantitative estimate of drug-likeness (QED) is 0.653. The number of aromatic nitrogens is 1. The largest absolute Gasteiger partial charge is 0.288 e. The van der Waals surface area contributed by atoms with Crippen molar-refractivity contribution in [2.75, 3.05) is 0 Å². The van der Waals surface area contributed by atoms with Crippen molar-refractivity contribution in [3.63, 3.8) is 0 Å². The lowest BCUT2D eigenvalue weighted by molar-refractivity contribution is 0.103. The number of pyridine rings is 1. The molecule has 2 aromatic carbocycles. The predicted octanol–water partition coefficient (Wildman–Crippen LogP) is 4.37. The van der Waals surface area contributed by atoms with Crippen LogP contribution in [0.1, 0.15) is 15.9 Å². The molecule has 0 aliphatic carbocycles. The van der Waals surface area contributed by atoms with E-state index in [9.17, 15) is 9.18 Å². The smallest absolute Gasteiger partial charge is 0.197 e. The minimum Gasteiger partial charge on any atom is -0.288 e. The minimum atomic E-state index is -0.537. The number of benzene rings is 2. The maximum absolute atomic E-state index is 13.9. The van der Waals surface area contributed by atoms with Gasteiger partial charge in [-0.15, -0.1) is 0 Å². The molecule has 0 N–H and O–H groups in total. The van der Waals surface area contributed by atoms with E-state index in [-0.39, 0.29) is 11.3 Å². The lowest BCUT2D eigenvalue weighted by Crippen LogP contribution is -2.06. The molecule has 20 heavy (non-hydrogen) atoms. The van der Waals surface area contributed by atoms with E-state index < -0.39 is 5.82 Å². The molecule has 0 saturated carbocycles. The monoisotopic (exact) mass is 329 g/mol. The summed E-state index contributed by atoms with van der Waals surface area (Å²) >= 11 is 3.23. The molecule has 1 aromatic heterocycles. The van der Waals surface area contributed by atoms with E-state index in [1.807, 2.05) is 12.1 Å². The van der Waals surface area contributed by atoms with E-state index in [4.69, 9.17) is 0 Å². The van der Waals surface area contributed by atoms with Crippen molar-refractivity contribution in [2.24, 2.45) is 0 Å². The van der Waals surface area contributed by atoms with Crippen LogP contribution >= 0.6 is 15.9 Å². The molecule has 1 heterocycles. The molecule has 3 rings (SSSR count). The van der Waals surface area contributed by atoms with Crippen LogP contribution < -0.4 is 0 Å². The van der Waals surface area contributed by atoms with E-state index in [0.717, 1.165) is 5.39 Å². The minimum absolute atomic E-state index is 0.0452. The first-order valence-corrected chi connectivity index (χ1v) is 6.80. The van der Waals surface area contributed by atoms with Crippen LogP contribution in [0.3, 0.4) is 0 Å². The second kappa shape index (κ2) is 5.13. The van der Waals surface area contributed by atoms with Crippen LogP contribution in [0.4, 0.5) is 4.39 Å². The highest BCUT2D eigenvalue weighted by atomic mass is 79.9. The number of carbonyl (C=O) groups excluding carboxylic acids is 1. The normalized spacial score (nSPS) is 10.7. The van der Waals surface area contributed by atoms with Gasteiger partial charge in [-0.05, 0) is 40.2 Å². The molecule has 0 unspecified atom stereocenters. The highest BCUT2D eigenvalue weighted by molar-refractivity contribution is 9.10. The van der Waals surface area contributed by atoms with Gasteiger partial charge in [0.05, 0.1) is 11.1 Å². The standard InChI is InChI=1S/C16H9BrFNO/c17-12-6-2-7-13(18)15(12)16(20)11-4-1-8-14-10(11)5-3-9-19-14/h1-9H. The van der Waals surface area contributed by atoms with E-state index in [2.05, 4.69) is 20.9 Å². The lowest BCUT2D eigenvalue weighted by atomic mass is 9.99. The van der Waals surface area contributed by atoms with Crippen LogP contribution in [0, 0.1) is 5.82 Å². The molecular formula is C16H9BrFNO. The summed E-state index contributed by atoms with van der Waals surface area (Å²) in [6.45, 7) is 0. The Morgan fingerprint density at radius 1 is 1.05 bits per heavy atom. The van der Waals surface area contributed by atoms with Gasteiger partial charge in [0.15, 0.2) is 5.78 Å². The Bertz CT molecular complexity index is 791. The predicted molar refractivity (Wildman–Crippen MR) is 79.3 cm³/mol. The third-order valence-corrected chi connectivity index (χ3v) is 3.74. The van der Waals surface area contributed by atoms with Crippen LogP contribution in [-0.2, 0) is 0 Å². The summed E-state index contributed by atoms with van der Waals surface area (Å²) in [5.74, 6) is -0.890. The second-order valence-corrected chi connectivity index (χ2v) is 5.16. The summed E-state index contributed by atoms with van der Waals surface area (Å²) in [5.41, 5.74) is 1.20. The third-order valence-electron chi connectivity index (χ3n) is 3.08. The van der Waals surface area contributed by atoms with Gasteiger partial charge in [0.2, 0.25) is 0 Å². The van der Waals surface area contributed by atoms with Crippen molar-refractivity contribution in [1.82, 2.24) is 4.98 Å². The van der Waals surface area contributed by atoms with Crippen LogP contribution in [0.2, 0.25) is 0 Å². The maximum atomic E-state index is 13.9. The van der Waals surface area contributed by atoms with E-state index in [1.54, 1.807) is 36.5 Å². The number of carbonyl (C=O) groups is 1. The Kier molecular flexibility index (Phi) is 3.32. The summed E-state index contributed by atoms with van der Waals surface area (Å²) in [6, 6.07) is 13.3. The summed E-state index contributed by atoms with van der Waals surface area (Å²) in [4.78, 5) is 16.8. The molecule has 0 aliphatic heterocycles. The summed E-state index contributed by atoms with van der Waals surface area (Å²) in [6.07, 6.45) is 1.66. The summed E-state index contributed by atoms with van der Waals surface area (Å²) < 4.78 is 14.4.